The van der Waals surface area contributed by atoms with Crippen LogP contribution in [0.25, 0.3) is 10.9 Å². The molecule has 1 aromatic heterocycles. The molecule has 1 unspecified atom stereocenters. The van der Waals surface area contributed by atoms with Gasteiger partial charge in [-0.1, -0.05) is 11.6 Å². The minimum Gasteiger partial charge on any atom is -0.350 e. The minimum atomic E-state index is -0.158. The Kier molecular flexibility index (Phi) is 4.44. The van der Waals surface area contributed by atoms with Crippen molar-refractivity contribution in [1.29, 1.82) is 0 Å². The fourth-order valence-electron chi connectivity index (χ4n) is 3.84. The first kappa shape index (κ1) is 16.5. The predicted octanol–water partition coefficient (Wildman–Crippen LogP) is 3.08. The molecule has 0 aliphatic carbocycles. The molecule has 4 rings (SSSR count). The van der Waals surface area contributed by atoms with Crippen molar-refractivity contribution >= 4 is 16.8 Å². The van der Waals surface area contributed by atoms with Gasteiger partial charge in [0.15, 0.2) is 6.29 Å². The van der Waals surface area contributed by atoms with E-state index in [1.807, 2.05) is 30.0 Å². The lowest BCUT2D eigenvalue weighted by Gasteiger charge is -2.35. The topological polar surface area (TPSA) is 51.7 Å². The maximum atomic E-state index is 13.1. The molecule has 3 heterocycles. The van der Waals surface area contributed by atoms with Gasteiger partial charge in [-0.05, 0) is 44.9 Å². The van der Waals surface area contributed by atoms with Gasteiger partial charge in [-0.3, -0.25) is 9.78 Å². The third kappa shape index (κ3) is 3.26. The molecule has 2 aliphatic rings. The minimum absolute atomic E-state index is 0.0658. The predicted molar refractivity (Wildman–Crippen MR) is 95.5 cm³/mol. The van der Waals surface area contributed by atoms with Crippen LogP contribution in [0.3, 0.4) is 0 Å². The number of pyridine rings is 1. The molecule has 2 aliphatic heterocycles. The number of aromatic nitrogens is 1. The average molecular weight is 340 g/mol. The SMILES string of the molecule is Cc1ccc2nc(C)c(C(=O)N3CCCC(C4OCCO4)C3)cc2c1. The summed E-state index contributed by atoms with van der Waals surface area (Å²) in [4.78, 5) is 19.7. The van der Waals surface area contributed by atoms with Gasteiger partial charge in [0, 0.05) is 24.4 Å². The van der Waals surface area contributed by atoms with Gasteiger partial charge >= 0.3 is 0 Å². The van der Waals surface area contributed by atoms with Gasteiger partial charge in [0.25, 0.3) is 5.91 Å². The number of likely N-dealkylation sites (tertiary alicyclic amines) is 1. The Morgan fingerprint density at radius 2 is 2.00 bits per heavy atom. The third-order valence-corrected chi connectivity index (χ3v) is 5.17. The molecule has 5 nitrogen and oxygen atoms in total. The first-order valence-electron chi connectivity index (χ1n) is 9.02. The van der Waals surface area contributed by atoms with Crippen molar-refractivity contribution in [2.45, 2.75) is 33.0 Å². The highest BCUT2D eigenvalue weighted by Gasteiger charge is 2.33. The number of ether oxygens (including phenoxy) is 2. The third-order valence-electron chi connectivity index (χ3n) is 5.17. The zero-order valence-electron chi connectivity index (χ0n) is 14.8. The van der Waals surface area contributed by atoms with Crippen LogP contribution in [-0.2, 0) is 9.47 Å². The molecule has 0 N–H and O–H groups in total. The summed E-state index contributed by atoms with van der Waals surface area (Å²) in [5, 5.41) is 1.02. The number of amides is 1. The van der Waals surface area contributed by atoms with Crippen LogP contribution >= 0.6 is 0 Å². The van der Waals surface area contributed by atoms with Gasteiger partial charge in [0.1, 0.15) is 0 Å². The second-order valence-corrected chi connectivity index (χ2v) is 7.08. The lowest BCUT2D eigenvalue weighted by Crippen LogP contribution is -2.44. The molecule has 2 aromatic rings. The van der Waals surface area contributed by atoms with E-state index in [-0.39, 0.29) is 18.1 Å². The molecule has 0 radical (unpaired) electrons. The van der Waals surface area contributed by atoms with Crippen molar-refractivity contribution in [3.63, 3.8) is 0 Å². The van der Waals surface area contributed by atoms with E-state index in [0.717, 1.165) is 36.0 Å². The Morgan fingerprint density at radius 3 is 2.80 bits per heavy atom. The Bertz CT molecular complexity index is 799. The Labute approximate surface area is 147 Å². The van der Waals surface area contributed by atoms with Crippen LogP contribution in [0.4, 0.5) is 0 Å². The van der Waals surface area contributed by atoms with Crippen LogP contribution in [0, 0.1) is 19.8 Å². The largest absolute Gasteiger partial charge is 0.350 e. The monoisotopic (exact) mass is 340 g/mol. The average Bonchev–Trinajstić information content (AvgIpc) is 3.16. The van der Waals surface area contributed by atoms with Crippen molar-refractivity contribution in [1.82, 2.24) is 9.88 Å². The number of rotatable bonds is 2. The van der Waals surface area contributed by atoms with Crippen molar-refractivity contribution in [2.75, 3.05) is 26.3 Å². The molecule has 1 amide bonds. The van der Waals surface area contributed by atoms with E-state index in [1.54, 1.807) is 0 Å². The second-order valence-electron chi connectivity index (χ2n) is 7.08. The van der Waals surface area contributed by atoms with E-state index in [2.05, 4.69) is 18.0 Å². The second kappa shape index (κ2) is 6.73. The van der Waals surface area contributed by atoms with Gasteiger partial charge in [-0.15, -0.1) is 0 Å². The van der Waals surface area contributed by atoms with Gasteiger partial charge in [-0.25, -0.2) is 0 Å². The highest BCUT2D eigenvalue weighted by molar-refractivity contribution is 5.98. The van der Waals surface area contributed by atoms with E-state index in [4.69, 9.17) is 9.47 Å². The number of fused-ring (bicyclic) bond motifs is 1. The summed E-state index contributed by atoms with van der Waals surface area (Å²) in [6, 6.07) is 8.13. The summed E-state index contributed by atoms with van der Waals surface area (Å²) >= 11 is 0. The number of piperidine rings is 1. The van der Waals surface area contributed by atoms with E-state index < -0.39 is 0 Å². The first-order chi connectivity index (χ1) is 12.1. The Hall–Kier alpha value is -1.98. The summed E-state index contributed by atoms with van der Waals surface area (Å²) in [5.41, 5.74) is 3.60. The molecule has 0 saturated carbocycles. The summed E-state index contributed by atoms with van der Waals surface area (Å²) in [7, 11) is 0. The van der Waals surface area contributed by atoms with Crippen molar-refractivity contribution in [2.24, 2.45) is 5.92 Å². The Morgan fingerprint density at radius 1 is 1.20 bits per heavy atom. The molecule has 1 atom stereocenters. The smallest absolute Gasteiger partial charge is 0.255 e. The van der Waals surface area contributed by atoms with Crippen LogP contribution in [0.5, 0.6) is 0 Å². The molecule has 0 bridgehead atoms. The molecule has 1 aromatic carbocycles. The first-order valence-corrected chi connectivity index (χ1v) is 9.02. The van der Waals surface area contributed by atoms with Gasteiger partial charge in [-0.2, -0.15) is 0 Å². The van der Waals surface area contributed by atoms with Crippen molar-refractivity contribution in [3.8, 4) is 0 Å². The van der Waals surface area contributed by atoms with E-state index in [1.165, 1.54) is 5.56 Å². The zero-order valence-corrected chi connectivity index (χ0v) is 14.8. The van der Waals surface area contributed by atoms with Crippen molar-refractivity contribution < 1.29 is 14.3 Å². The number of nitrogens with zero attached hydrogens (tertiary/aromatic N) is 2. The van der Waals surface area contributed by atoms with E-state index >= 15 is 0 Å². The highest BCUT2D eigenvalue weighted by Crippen LogP contribution is 2.27. The van der Waals surface area contributed by atoms with E-state index in [9.17, 15) is 4.79 Å². The maximum absolute atomic E-state index is 13.1. The number of carbonyl (C=O) groups is 1. The van der Waals surface area contributed by atoms with Crippen LogP contribution in [-0.4, -0.2) is 48.4 Å². The zero-order chi connectivity index (χ0) is 17.4. The number of hydrogen-bond acceptors (Lipinski definition) is 4. The number of hydrogen-bond donors (Lipinski definition) is 0. The van der Waals surface area contributed by atoms with Crippen LogP contribution in [0.15, 0.2) is 24.3 Å². The summed E-state index contributed by atoms with van der Waals surface area (Å²) in [6.45, 7) is 6.75. The normalized spacial score (nSPS) is 21.8. The van der Waals surface area contributed by atoms with Crippen molar-refractivity contribution in [3.05, 3.63) is 41.1 Å². The summed E-state index contributed by atoms with van der Waals surface area (Å²) < 4.78 is 11.3. The van der Waals surface area contributed by atoms with Gasteiger partial charge < -0.3 is 14.4 Å². The molecule has 2 saturated heterocycles. The molecule has 2 fully saturated rings. The molecule has 25 heavy (non-hydrogen) atoms. The highest BCUT2D eigenvalue weighted by atomic mass is 16.7. The molecular formula is C20H24N2O3. The quantitative estimate of drug-likeness (QED) is 0.843. The standard InChI is InChI=1S/C20H24N2O3/c1-13-5-6-18-16(10-13)11-17(14(2)21-18)19(23)22-7-3-4-15(12-22)20-24-8-9-25-20/h5-6,10-11,15,20H,3-4,7-9,12H2,1-2H3. The number of carbonyl (C=O) groups excluding carboxylic acids is 1. The van der Waals surface area contributed by atoms with Crippen LogP contribution < -0.4 is 0 Å². The van der Waals surface area contributed by atoms with Crippen LogP contribution in [0.1, 0.15) is 34.5 Å². The summed E-state index contributed by atoms with van der Waals surface area (Å²) in [5.74, 6) is 0.326. The molecule has 132 valence electrons. The molecule has 0 spiro atoms. The summed E-state index contributed by atoms with van der Waals surface area (Å²) in [6.07, 6.45) is 1.87. The van der Waals surface area contributed by atoms with Gasteiger partial charge in [0.05, 0.1) is 30.0 Å². The van der Waals surface area contributed by atoms with Gasteiger partial charge in [0.2, 0.25) is 0 Å². The lowest BCUT2D eigenvalue weighted by atomic mass is 9.96. The fraction of sp³-hybridized carbons (Fsp3) is 0.500. The van der Waals surface area contributed by atoms with E-state index in [0.29, 0.717) is 25.3 Å². The molecule has 5 heteroatoms. The number of benzene rings is 1. The molecular weight excluding hydrogens is 316 g/mol. The Balaban J connectivity index is 1.59. The maximum Gasteiger partial charge on any atom is 0.255 e. The van der Waals surface area contributed by atoms with Crippen LogP contribution in [0.2, 0.25) is 0 Å². The lowest BCUT2D eigenvalue weighted by molar-refractivity contribution is -0.0969. The number of aryl methyl sites for hydroxylation is 2. The fourth-order valence-corrected chi connectivity index (χ4v) is 3.84.